The topological polar surface area (TPSA) is 79.4 Å². The minimum Gasteiger partial charge on any atom is -0.354 e. The summed E-state index contributed by atoms with van der Waals surface area (Å²) >= 11 is 1.62. The molecular weight excluding hydrogens is 406 g/mol. The quantitative estimate of drug-likeness (QED) is 0.700. The molecule has 156 valence electrons. The minimum absolute atomic E-state index is 0.111. The highest BCUT2D eigenvalue weighted by Gasteiger charge is 2.26. The van der Waals surface area contributed by atoms with E-state index in [2.05, 4.69) is 10.3 Å². The van der Waals surface area contributed by atoms with Crippen molar-refractivity contribution in [1.82, 2.24) is 9.29 Å². The summed E-state index contributed by atoms with van der Waals surface area (Å²) < 4.78 is 27.6. The number of carbonyl (C=O) groups excluding carboxylic acids is 1. The molecule has 1 saturated heterocycles. The molecule has 0 amide bonds. The van der Waals surface area contributed by atoms with Crippen molar-refractivity contribution in [2.24, 2.45) is 0 Å². The largest absolute Gasteiger partial charge is 0.354 e. The Morgan fingerprint density at radius 3 is 2.59 bits per heavy atom. The van der Waals surface area contributed by atoms with E-state index in [4.69, 9.17) is 0 Å². The Labute approximate surface area is 176 Å². The highest BCUT2D eigenvalue weighted by atomic mass is 32.2. The van der Waals surface area contributed by atoms with Gasteiger partial charge in [0.15, 0.2) is 10.9 Å². The number of rotatable bonds is 6. The lowest BCUT2D eigenvalue weighted by Crippen LogP contribution is -2.32. The standard InChI is InChI=1S/C21H27N3O3S2/c25-19(15-22-21-23-18-10-3-4-11-20(18)28-21)16-8-7-9-17(14-16)29(26,27)24-12-5-1-2-6-13-24/h7-9,14H,1-6,10-13,15H2,(H,22,23). The maximum absolute atomic E-state index is 13.0. The Balaban J connectivity index is 1.44. The molecule has 2 aliphatic rings. The van der Waals surface area contributed by atoms with Crippen molar-refractivity contribution < 1.29 is 13.2 Å². The van der Waals surface area contributed by atoms with Gasteiger partial charge in [0.2, 0.25) is 10.0 Å². The molecule has 0 unspecified atom stereocenters. The third-order valence-electron chi connectivity index (χ3n) is 5.60. The zero-order valence-corrected chi connectivity index (χ0v) is 18.2. The van der Waals surface area contributed by atoms with Gasteiger partial charge in [0.1, 0.15) is 0 Å². The molecule has 4 rings (SSSR count). The Kier molecular flexibility index (Phi) is 6.32. The lowest BCUT2D eigenvalue weighted by Gasteiger charge is -2.20. The van der Waals surface area contributed by atoms with Crippen LogP contribution in [0.2, 0.25) is 0 Å². The van der Waals surface area contributed by atoms with E-state index in [0.717, 1.165) is 49.4 Å². The normalized spacial score (nSPS) is 18.1. The van der Waals surface area contributed by atoms with E-state index in [1.54, 1.807) is 33.8 Å². The fourth-order valence-corrected chi connectivity index (χ4v) is 6.56. The van der Waals surface area contributed by atoms with E-state index in [1.165, 1.54) is 23.8 Å². The van der Waals surface area contributed by atoms with Gasteiger partial charge in [-0.15, -0.1) is 11.3 Å². The predicted molar refractivity (Wildman–Crippen MR) is 115 cm³/mol. The molecule has 29 heavy (non-hydrogen) atoms. The van der Waals surface area contributed by atoms with Crippen LogP contribution in [0.3, 0.4) is 0 Å². The first-order valence-electron chi connectivity index (χ1n) is 10.4. The molecule has 0 radical (unpaired) electrons. The molecule has 2 aromatic rings. The van der Waals surface area contributed by atoms with Crippen LogP contribution in [-0.2, 0) is 22.9 Å². The number of thiazole rings is 1. The molecule has 1 aromatic carbocycles. The van der Waals surface area contributed by atoms with Gasteiger partial charge in [-0.1, -0.05) is 25.0 Å². The van der Waals surface area contributed by atoms with Crippen LogP contribution in [0.15, 0.2) is 29.2 Å². The average Bonchev–Trinajstić information content (AvgIpc) is 2.94. The summed E-state index contributed by atoms with van der Waals surface area (Å²) in [5.74, 6) is -0.133. The molecule has 1 aliphatic carbocycles. The number of ketones is 1. The minimum atomic E-state index is -3.56. The summed E-state index contributed by atoms with van der Waals surface area (Å²) in [6.45, 7) is 1.22. The van der Waals surface area contributed by atoms with Gasteiger partial charge in [-0.3, -0.25) is 4.79 Å². The molecule has 1 N–H and O–H groups in total. The number of fused-ring (bicyclic) bond motifs is 1. The molecule has 6 nitrogen and oxygen atoms in total. The van der Waals surface area contributed by atoms with E-state index in [9.17, 15) is 13.2 Å². The first-order chi connectivity index (χ1) is 14.0. The van der Waals surface area contributed by atoms with Crippen molar-refractivity contribution in [3.8, 4) is 0 Å². The van der Waals surface area contributed by atoms with E-state index in [-0.39, 0.29) is 17.2 Å². The van der Waals surface area contributed by atoms with Crippen molar-refractivity contribution >= 4 is 32.3 Å². The molecule has 2 heterocycles. The van der Waals surface area contributed by atoms with Gasteiger partial charge in [0.25, 0.3) is 0 Å². The Hall–Kier alpha value is -1.77. The van der Waals surface area contributed by atoms with Gasteiger partial charge in [-0.25, -0.2) is 13.4 Å². The third kappa shape index (κ3) is 4.70. The summed E-state index contributed by atoms with van der Waals surface area (Å²) in [6, 6.07) is 6.43. The van der Waals surface area contributed by atoms with Crippen LogP contribution in [0.25, 0.3) is 0 Å². The van der Waals surface area contributed by atoms with Crippen LogP contribution >= 0.6 is 11.3 Å². The van der Waals surface area contributed by atoms with Crippen molar-refractivity contribution in [2.75, 3.05) is 25.0 Å². The zero-order chi connectivity index (χ0) is 20.3. The first-order valence-corrected chi connectivity index (χ1v) is 12.7. The number of nitrogens with one attached hydrogen (secondary N) is 1. The Bertz CT molecular complexity index is 953. The molecule has 1 fully saturated rings. The lowest BCUT2D eigenvalue weighted by molar-refractivity contribution is 0.101. The predicted octanol–water partition coefficient (Wildman–Crippen LogP) is 3.88. The van der Waals surface area contributed by atoms with Crippen LogP contribution in [0.5, 0.6) is 0 Å². The molecule has 1 aromatic heterocycles. The van der Waals surface area contributed by atoms with E-state index >= 15 is 0 Å². The van der Waals surface area contributed by atoms with Gasteiger partial charge >= 0.3 is 0 Å². The van der Waals surface area contributed by atoms with Crippen molar-refractivity contribution in [2.45, 2.75) is 56.3 Å². The number of hydrogen-bond donors (Lipinski definition) is 1. The second-order valence-corrected chi connectivity index (χ2v) is 10.7. The fourth-order valence-electron chi connectivity index (χ4n) is 3.95. The van der Waals surface area contributed by atoms with Crippen molar-refractivity contribution in [3.63, 3.8) is 0 Å². The Morgan fingerprint density at radius 1 is 1.07 bits per heavy atom. The van der Waals surface area contributed by atoms with Gasteiger partial charge in [0, 0.05) is 23.5 Å². The maximum atomic E-state index is 13.0. The third-order valence-corrected chi connectivity index (χ3v) is 8.61. The second-order valence-electron chi connectivity index (χ2n) is 7.72. The summed E-state index contributed by atoms with van der Waals surface area (Å²) in [7, 11) is -3.56. The zero-order valence-electron chi connectivity index (χ0n) is 16.5. The summed E-state index contributed by atoms with van der Waals surface area (Å²) in [5.41, 5.74) is 1.57. The van der Waals surface area contributed by atoms with Crippen molar-refractivity contribution in [3.05, 3.63) is 40.4 Å². The van der Waals surface area contributed by atoms with E-state index in [0.29, 0.717) is 18.7 Å². The first kappa shape index (κ1) is 20.5. The maximum Gasteiger partial charge on any atom is 0.243 e. The Morgan fingerprint density at radius 2 is 1.83 bits per heavy atom. The summed E-state index contributed by atoms with van der Waals surface area (Å²) in [6.07, 6.45) is 8.36. The van der Waals surface area contributed by atoms with Crippen molar-refractivity contribution in [1.29, 1.82) is 0 Å². The highest BCUT2D eigenvalue weighted by Crippen LogP contribution is 2.29. The number of carbonyl (C=O) groups is 1. The number of sulfonamides is 1. The molecular formula is C21H27N3O3S2. The number of benzene rings is 1. The smallest absolute Gasteiger partial charge is 0.243 e. The second kappa shape index (κ2) is 8.93. The number of nitrogens with zero attached hydrogens (tertiary/aromatic N) is 2. The molecule has 0 bridgehead atoms. The summed E-state index contributed by atoms with van der Waals surface area (Å²) in [4.78, 5) is 18.8. The summed E-state index contributed by atoms with van der Waals surface area (Å²) in [5, 5.41) is 3.90. The van der Waals surface area contributed by atoms with Gasteiger partial charge < -0.3 is 5.32 Å². The van der Waals surface area contributed by atoms with Gasteiger partial charge in [-0.2, -0.15) is 4.31 Å². The van der Waals surface area contributed by atoms with Crippen LogP contribution < -0.4 is 5.32 Å². The van der Waals surface area contributed by atoms with E-state index < -0.39 is 10.0 Å². The number of aryl methyl sites for hydroxylation is 2. The number of Topliss-reactive ketones (excluding diaryl/α,β-unsaturated/α-hetero) is 1. The van der Waals surface area contributed by atoms with Crippen LogP contribution in [0.4, 0.5) is 5.13 Å². The number of hydrogen-bond acceptors (Lipinski definition) is 6. The van der Waals surface area contributed by atoms with Gasteiger partial charge in [0.05, 0.1) is 17.1 Å². The van der Waals surface area contributed by atoms with Crippen LogP contribution in [0.1, 0.15) is 59.5 Å². The lowest BCUT2D eigenvalue weighted by atomic mass is 10.0. The molecule has 0 spiro atoms. The molecule has 1 aliphatic heterocycles. The molecule has 0 atom stereocenters. The molecule has 0 saturated carbocycles. The van der Waals surface area contributed by atoms with Crippen LogP contribution in [-0.4, -0.2) is 43.1 Å². The molecule has 8 heteroatoms. The van der Waals surface area contributed by atoms with E-state index in [1.807, 2.05) is 0 Å². The van der Waals surface area contributed by atoms with Crippen LogP contribution in [0, 0.1) is 0 Å². The highest BCUT2D eigenvalue weighted by molar-refractivity contribution is 7.89. The van der Waals surface area contributed by atoms with Gasteiger partial charge in [-0.05, 0) is 50.7 Å². The average molecular weight is 434 g/mol. The number of anilines is 1. The fraction of sp³-hybridized carbons (Fsp3) is 0.524. The SMILES string of the molecule is O=C(CNc1nc2c(s1)CCCC2)c1cccc(S(=O)(=O)N2CCCCCC2)c1. The number of aromatic nitrogens is 1. The monoisotopic (exact) mass is 433 g/mol.